The van der Waals surface area contributed by atoms with Crippen LogP contribution < -0.4 is 4.74 Å². The first-order chi connectivity index (χ1) is 8.17. The first-order valence-corrected chi connectivity index (χ1v) is 5.29. The molecule has 0 spiro atoms. The topological polar surface area (TPSA) is 58.8 Å². The van der Waals surface area contributed by atoms with Crippen molar-refractivity contribution in [3.8, 4) is 17.7 Å². The SMILES string of the molecule is N#Cc1cc(Cl)nc(Oc2cncc(Cl)c2)c1. The number of nitriles is 1. The van der Waals surface area contributed by atoms with Crippen molar-refractivity contribution in [1.82, 2.24) is 9.97 Å². The summed E-state index contributed by atoms with van der Waals surface area (Å²) >= 11 is 11.5. The monoisotopic (exact) mass is 265 g/mol. The Hall–Kier alpha value is -1.83. The Morgan fingerprint density at radius 3 is 2.71 bits per heavy atom. The van der Waals surface area contributed by atoms with Crippen molar-refractivity contribution in [3.63, 3.8) is 0 Å². The predicted molar refractivity (Wildman–Crippen MR) is 63.3 cm³/mol. The lowest BCUT2D eigenvalue weighted by Crippen LogP contribution is -1.90. The fraction of sp³-hybridized carbons (Fsp3) is 0. The molecule has 84 valence electrons. The average Bonchev–Trinajstić information content (AvgIpc) is 2.28. The van der Waals surface area contributed by atoms with E-state index in [-0.39, 0.29) is 11.0 Å². The van der Waals surface area contributed by atoms with Gasteiger partial charge in [-0.2, -0.15) is 5.26 Å². The van der Waals surface area contributed by atoms with Crippen molar-refractivity contribution in [2.75, 3.05) is 0 Å². The lowest BCUT2D eigenvalue weighted by molar-refractivity contribution is 0.461. The maximum atomic E-state index is 8.77. The van der Waals surface area contributed by atoms with Crippen LogP contribution in [0.4, 0.5) is 0 Å². The standard InChI is InChI=1S/C11H5Cl2N3O/c12-8-3-9(6-15-5-8)17-11-2-7(4-14)1-10(13)16-11/h1-3,5-6H. The van der Waals surface area contributed by atoms with Crippen LogP contribution in [-0.4, -0.2) is 9.97 Å². The zero-order valence-corrected chi connectivity index (χ0v) is 9.90. The smallest absolute Gasteiger partial charge is 0.222 e. The minimum Gasteiger partial charge on any atom is -0.437 e. The highest BCUT2D eigenvalue weighted by Gasteiger charge is 2.04. The molecule has 0 aliphatic rings. The van der Waals surface area contributed by atoms with Crippen LogP contribution in [0.25, 0.3) is 0 Å². The molecule has 2 aromatic rings. The molecule has 0 aliphatic carbocycles. The number of hydrogen-bond acceptors (Lipinski definition) is 4. The molecule has 0 amide bonds. The van der Waals surface area contributed by atoms with Gasteiger partial charge in [-0.05, 0) is 6.07 Å². The minimum absolute atomic E-state index is 0.189. The highest BCUT2D eigenvalue weighted by molar-refractivity contribution is 6.30. The third-order valence-electron chi connectivity index (χ3n) is 1.80. The van der Waals surface area contributed by atoms with E-state index in [1.165, 1.54) is 24.5 Å². The normalized spacial score (nSPS) is 9.71. The molecule has 4 nitrogen and oxygen atoms in total. The number of pyridine rings is 2. The molecular weight excluding hydrogens is 261 g/mol. The Labute approximate surface area is 107 Å². The summed E-state index contributed by atoms with van der Waals surface area (Å²) in [5.74, 6) is 0.647. The molecule has 0 saturated heterocycles. The van der Waals surface area contributed by atoms with Crippen molar-refractivity contribution in [3.05, 3.63) is 46.3 Å². The molecular formula is C11H5Cl2N3O. The van der Waals surface area contributed by atoms with Gasteiger partial charge in [0.25, 0.3) is 0 Å². The maximum absolute atomic E-state index is 8.77. The summed E-state index contributed by atoms with van der Waals surface area (Å²) < 4.78 is 5.39. The second-order valence-corrected chi connectivity index (χ2v) is 3.89. The fourth-order valence-electron chi connectivity index (χ4n) is 1.16. The molecule has 0 N–H and O–H groups in total. The van der Waals surface area contributed by atoms with Gasteiger partial charge in [-0.3, -0.25) is 4.98 Å². The molecule has 2 aromatic heterocycles. The van der Waals surface area contributed by atoms with E-state index >= 15 is 0 Å². The van der Waals surface area contributed by atoms with E-state index in [0.29, 0.717) is 16.3 Å². The zero-order valence-electron chi connectivity index (χ0n) is 8.39. The Morgan fingerprint density at radius 1 is 1.18 bits per heavy atom. The van der Waals surface area contributed by atoms with Gasteiger partial charge < -0.3 is 4.74 Å². The van der Waals surface area contributed by atoms with Crippen molar-refractivity contribution in [2.24, 2.45) is 0 Å². The average molecular weight is 266 g/mol. The largest absolute Gasteiger partial charge is 0.437 e. The highest BCUT2D eigenvalue weighted by Crippen LogP contribution is 2.23. The van der Waals surface area contributed by atoms with Crippen LogP contribution >= 0.6 is 23.2 Å². The maximum Gasteiger partial charge on any atom is 0.222 e. The predicted octanol–water partition coefficient (Wildman–Crippen LogP) is 3.45. The van der Waals surface area contributed by atoms with Gasteiger partial charge in [0.05, 0.1) is 22.9 Å². The van der Waals surface area contributed by atoms with Gasteiger partial charge in [0, 0.05) is 18.3 Å². The van der Waals surface area contributed by atoms with Crippen molar-refractivity contribution in [1.29, 1.82) is 5.26 Å². The van der Waals surface area contributed by atoms with Gasteiger partial charge in [-0.15, -0.1) is 0 Å². The van der Waals surface area contributed by atoms with Gasteiger partial charge >= 0.3 is 0 Å². The van der Waals surface area contributed by atoms with Crippen LogP contribution in [0.2, 0.25) is 10.2 Å². The van der Waals surface area contributed by atoms with E-state index in [1.54, 1.807) is 6.07 Å². The van der Waals surface area contributed by atoms with Crippen LogP contribution in [0.1, 0.15) is 5.56 Å². The van der Waals surface area contributed by atoms with Crippen LogP contribution in [0.15, 0.2) is 30.6 Å². The van der Waals surface area contributed by atoms with Crippen molar-refractivity contribution in [2.45, 2.75) is 0 Å². The van der Waals surface area contributed by atoms with E-state index in [9.17, 15) is 0 Å². The molecule has 0 saturated carbocycles. The minimum atomic E-state index is 0.189. The molecule has 0 atom stereocenters. The van der Waals surface area contributed by atoms with Gasteiger partial charge in [0.2, 0.25) is 5.88 Å². The Morgan fingerprint density at radius 2 is 2.00 bits per heavy atom. The molecule has 6 heteroatoms. The van der Waals surface area contributed by atoms with Crippen LogP contribution in [0.5, 0.6) is 11.6 Å². The molecule has 2 heterocycles. The molecule has 0 unspecified atom stereocenters. The summed E-state index contributed by atoms with van der Waals surface area (Å²) in [5.41, 5.74) is 0.370. The summed E-state index contributed by atoms with van der Waals surface area (Å²) in [5, 5.41) is 9.41. The highest BCUT2D eigenvalue weighted by atomic mass is 35.5. The Kier molecular flexibility index (Phi) is 3.43. The van der Waals surface area contributed by atoms with Crippen molar-refractivity contribution < 1.29 is 4.74 Å². The second kappa shape index (κ2) is 5.00. The van der Waals surface area contributed by atoms with Gasteiger partial charge in [0.15, 0.2) is 0 Å². The Bertz CT molecular complexity index is 596. The van der Waals surface area contributed by atoms with Crippen LogP contribution in [-0.2, 0) is 0 Å². The molecule has 0 fully saturated rings. The quantitative estimate of drug-likeness (QED) is 0.781. The molecule has 0 bridgehead atoms. The fourth-order valence-corrected chi connectivity index (χ4v) is 1.52. The van der Waals surface area contributed by atoms with Gasteiger partial charge in [-0.25, -0.2) is 4.98 Å². The van der Waals surface area contributed by atoms with Crippen LogP contribution in [0, 0.1) is 11.3 Å². The lowest BCUT2D eigenvalue weighted by Gasteiger charge is -2.04. The second-order valence-electron chi connectivity index (χ2n) is 3.07. The van der Waals surface area contributed by atoms with E-state index in [4.69, 9.17) is 33.2 Å². The van der Waals surface area contributed by atoms with E-state index < -0.39 is 0 Å². The van der Waals surface area contributed by atoms with Gasteiger partial charge in [0.1, 0.15) is 10.9 Å². The van der Waals surface area contributed by atoms with E-state index in [2.05, 4.69) is 9.97 Å². The van der Waals surface area contributed by atoms with E-state index in [0.717, 1.165) is 0 Å². The zero-order chi connectivity index (χ0) is 12.3. The van der Waals surface area contributed by atoms with Crippen LogP contribution in [0.3, 0.4) is 0 Å². The molecule has 0 radical (unpaired) electrons. The number of rotatable bonds is 2. The summed E-state index contributed by atoms with van der Waals surface area (Å²) in [6.07, 6.45) is 2.97. The molecule has 17 heavy (non-hydrogen) atoms. The number of halogens is 2. The van der Waals surface area contributed by atoms with Crippen molar-refractivity contribution >= 4 is 23.2 Å². The first-order valence-electron chi connectivity index (χ1n) is 4.53. The molecule has 2 rings (SSSR count). The third-order valence-corrected chi connectivity index (χ3v) is 2.20. The summed E-state index contributed by atoms with van der Waals surface area (Å²) in [7, 11) is 0. The van der Waals surface area contributed by atoms with Gasteiger partial charge in [-0.1, -0.05) is 23.2 Å². The first kappa shape index (κ1) is 11.6. The summed E-state index contributed by atoms with van der Waals surface area (Å²) in [4.78, 5) is 7.79. The lowest BCUT2D eigenvalue weighted by atomic mass is 10.3. The number of aromatic nitrogens is 2. The number of ether oxygens (including phenoxy) is 1. The molecule has 0 aromatic carbocycles. The summed E-state index contributed by atoms with van der Waals surface area (Å²) in [6.45, 7) is 0. The number of nitrogens with zero attached hydrogens (tertiary/aromatic N) is 3. The Balaban J connectivity index is 2.30. The summed E-state index contributed by atoms with van der Waals surface area (Å²) in [6, 6.07) is 6.47. The van der Waals surface area contributed by atoms with E-state index in [1.807, 2.05) is 6.07 Å². The number of hydrogen-bond donors (Lipinski definition) is 0. The third kappa shape index (κ3) is 3.06. The molecule has 0 aliphatic heterocycles.